The van der Waals surface area contributed by atoms with Crippen molar-refractivity contribution in [1.82, 2.24) is 4.90 Å². The van der Waals surface area contributed by atoms with Crippen LogP contribution in [0.25, 0.3) is 0 Å². The number of benzene rings is 1. The maximum Gasteiger partial charge on any atom is 0.124 e. The molecule has 2 rings (SSSR count). The van der Waals surface area contributed by atoms with Gasteiger partial charge in [-0.25, -0.2) is 0 Å². The van der Waals surface area contributed by atoms with Gasteiger partial charge in [0.2, 0.25) is 0 Å². The van der Waals surface area contributed by atoms with Crippen LogP contribution in [0.3, 0.4) is 0 Å². The molecule has 1 aliphatic heterocycles. The number of ether oxygens (including phenoxy) is 2. The number of nitrogens with zero attached hydrogens (tertiary/aromatic N) is 1. The smallest absolute Gasteiger partial charge is 0.124 e. The zero-order valence-corrected chi connectivity index (χ0v) is 13.7. The van der Waals surface area contributed by atoms with Crippen LogP contribution in [0.2, 0.25) is 0 Å². The van der Waals surface area contributed by atoms with Gasteiger partial charge in [-0.15, -0.1) is 0 Å². The van der Waals surface area contributed by atoms with Crippen LogP contribution in [0.4, 0.5) is 0 Å². The molecule has 4 nitrogen and oxygen atoms in total. The summed E-state index contributed by atoms with van der Waals surface area (Å²) in [5.74, 6) is 1.64. The minimum atomic E-state index is -0.489. The van der Waals surface area contributed by atoms with E-state index in [9.17, 15) is 0 Å². The van der Waals surface area contributed by atoms with Crippen molar-refractivity contribution in [3.8, 4) is 11.5 Å². The molecule has 1 aromatic rings. The average Bonchev–Trinajstić information content (AvgIpc) is 2.54. The van der Waals surface area contributed by atoms with E-state index in [1.54, 1.807) is 14.2 Å². The van der Waals surface area contributed by atoms with Gasteiger partial charge in [0.15, 0.2) is 0 Å². The first kappa shape index (κ1) is 16.1. The Balaban J connectivity index is 2.32. The van der Waals surface area contributed by atoms with Gasteiger partial charge >= 0.3 is 0 Å². The Labute approximate surface area is 128 Å². The van der Waals surface area contributed by atoms with Crippen LogP contribution in [0.5, 0.6) is 11.5 Å². The maximum absolute atomic E-state index is 6.74. The lowest BCUT2D eigenvalue weighted by Crippen LogP contribution is -2.54. The molecule has 4 heteroatoms. The molecule has 2 unspecified atom stereocenters. The first-order chi connectivity index (χ1) is 10.0. The normalized spacial score (nSPS) is 20.6. The van der Waals surface area contributed by atoms with E-state index in [2.05, 4.69) is 18.7 Å². The largest absolute Gasteiger partial charge is 0.497 e. The monoisotopic (exact) mass is 292 g/mol. The highest BCUT2D eigenvalue weighted by molar-refractivity contribution is 5.45. The predicted molar refractivity (Wildman–Crippen MR) is 86.0 cm³/mol. The molecule has 1 aromatic carbocycles. The molecule has 1 aliphatic rings. The molecule has 0 aromatic heterocycles. The lowest BCUT2D eigenvalue weighted by atomic mass is 9.84. The van der Waals surface area contributed by atoms with Crippen LogP contribution in [0.15, 0.2) is 18.2 Å². The minimum Gasteiger partial charge on any atom is -0.497 e. The van der Waals surface area contributed by atoms with Gasteiger partial charge in [-0.1, -0.05) is 6.42 Å². The van der Waals surface area contributed by atoms with Crippen molar-refractivity contribution in [3.05, 3.63) is 23.8 Å². The number of piperidine rings is 1. The van der Waals surface area contributed by atoms with Crippen molar-refractivity contribution >= 4 is 0 Å². The molecular formula is C17H28N2O2. The second-order valence-electron chi connectivity index (χ2n) is 6.12. The Morgan fingerprint density at radius 3 is 2.38 bits per heavy atom. The van der Waals surface area contributed by atoms with Gasteiger partial charge in [0.1, 0.15) is 11.5 Å². The quantitative estimate of drug-likeness (QED) is 0.906. The molecule has 0 bridgehead atoms. The third-order valence-corrected chi connectivity index (χ3v) is 4.79. The molecule has 0 saturated carbocycles. The molecule has 0 spiro atoms. The topological polar surface area (TPSA) is 47.7 Å². The van der Waals surface area contributed by atoms with Crippen LogP contribution in [0.1, 0.15) is 38.7 Å². The van der Waals surface area contributed by atoms with Gasteiger partial charge < -0.3 is 15.2 Å². The van der Waals surface area contributed by atoms with Gasteiger partial charge in [0.25, 0.3) is 0 Å². The SMILES string of the molecule is COc1ccc(OC)c(C(C)(N)C(C)N2CCCCC2)c1. The lowest BCUT2D eigenvalue weighted by Gasteiger charge is -2.42. The fourth-order valence-corrected chi connectivity index (χ4v) is 3.15. The van der Waals surface area contributed by atoms with Crippen LogP contribution < -0.4 is 15.2 Å². The van der Waals surface area contributed by atoms with Gasteiger partial charge in [-0.3, -0.25) is 4.90 Å². The summed E-state index contributed by atoms with van der Waals surface area (Å²) in [6.07, 6.45) is 3.85. The van der Waals surface area contributed by atoms with E-state index in [0.29, 0.717) is 0 Å². The summed E-state index contributed by atoms with van der Waals surface area (Å²) in [6.45, 7) is 6.55. The van der Waals surface area contributed by atoms with Gasteiger partial charge in [0.05, 0.1) is 19.8 Å². The number of likely N-dealkylation sites (tertiary alicyclic amines) is 1. The molecular weight excluding hydrogens is 264 g/mol. The van der Waals surface area contributed by atoms with Crippen molar-refractivity contribution in [2.45, 2.75) is 44.7 Å². The minimum absolute atomic E-state index is 0.249. The second-order valence-corrected chi connectivity index (χ2v) is 6.12. The summed E-state index contributed by atoms with van der Waals surface area (Å²) in [5.41, 5.74) is 7.25. The number of hydrogen-bond acceptors (Lipinski definition) is 4. The van der Waals surface area contributed by atoms with Crippen molar-refractivity contribution in [3.63, 3.8) is 0 Å². The number of rotatable bonds is 5. The fourth-order valence-electron chi connectivity index (χ4n) is 3.15. The molecule has 1 heterocycles. The Hall–Kier alpha value is -1.26. The maximum atomic E-state index is 6.74. The molecule has 118 valence electrons. The Kier molecular flexibility index (Phi) is 5.12. The molecule has 0 amide bonds. The van der Waals surface area contributed by atoms with Crippen molar-refractivity contribution in [2.24, 2.45) is 5.73 Å². The fraction of sp³-hybridized carbons (Fsp3) is 0.647. The standard InChI is InChI=1S/C17H28N2O2/c1-13(19-10-6-5-7-11-19)17(2,18)15-12-14(20-3)8-9-16(15)21-4/h8-9,12-13H,5-7,10-11,18H2,1-4H3. The van der Waals surface area contributed by atoms with Crippen molar-refractivity contribution < 1.29 is 9.47 Å². The van der Waals surface area contributed by atoms with Gasteiger partial charge in [-0.2, -0.15) is 0 Å². The van der Waals surface area contributed by atoms with Gasteiger partial charge in [0, 0.05) is 11.6 Å². The lowest BCUT2D eigenvalue weighted by molar-refractivity contribution is 0.115. The number of methoxy groups -OCH3 is 2. The van der Waals surface area contributed by atoms with Crippen molar-refractivity contribution in [2.75, 3.05) is 27.3 Å². The summed E-state index contributed by atoms with van der Waals surface area (Å²) in [5, 5.41) is 0. The van der Waals surface area contributed by atoms with E-state index in [-0.39, 0.29) is 6.04 Å². The van der Waals surface area contributed by atoms with Crippen LogP contribution in [0, 0.1) is 0 Å². The summed E-state index contributed by atoms with van der Waals surface area (Å²) in [4.78, 5) is 2.49. The number of nitrogens with two attached hydrogens (primary N) is 1. The molecule has 0 aliphatic carbocycles. The van der Waals surface area contributed by atoms with Gasteiger partial charge in [-0.05, 0) is 58.0 Å². The Morgan fingerprint density at radius 2 is 1.81 bits per heavy atom. The molecule has 21 heavy (non-hydrogen) atoms. The third-order valence-electron chi connectivity index (χ3n) is 4.79. The first-order valence-electron chi connectivity index (χ1n) is 7.76. The second kappa shape index (κ2) is 6.67. The van der Waals surface area contributed by atoms with Crippen LogP contribution in [-0.4, -0.2) is 38.3 Å². The van der Waals surface area contributed by atoms with E-state index in [1.807, 2.05) is 18.2 Å². The zero-order chi connectivity index (χ0) is 15.5. The summed E-state index contributed by atoms with van der Waals surface area (Å²) in [6, 6.07) is 6.09. The number of hydrogen-bond donors (Lipinski definition) is 1. The first-order valence-corrected chi connectivity index (χ1v) is 7.76. The van der Waals surface area contributed by atoms with E-state index in [4.69, 9.17) is 15.2 Å². The van der Waals surface area contributed by atoms with E-state index < -0.39 is 5.54 Å². The molecule has 2 N–H and O–H groups in total. The third kappa shape index (κ3) is 3.33. The van der Waals surface area contributed by atoms with E-state index in [0.717, 1.165) is 30.2 Å². The Morgan fingerprint density at radius 1 is 1.14 bits per heavy atom. The highest BCUT2D eigenvalue weighted by atomic mass is 16.5. The highest BCUT2D eigenvalue weighted by Crippen LogP contribution is 2.35. The van der Waals surface area contributed by atoms with Crippen molar-refractivity contribution in [1.29, 1.82) is 0 Å². The molecule has 0 radical (unpaired) electrons. The molecule has 1 saturated heterocycles. The average molecular weight is 292 g/mol. The van der Waals surface area contributed by atoms with Crippen LogP contribution in [-0.2, 0) is 5.54 Å². The summed E-state index contributed by atoms with van der Waals surface area (Å²) in [7, 11) is 3.36. The highest BCUT2D eigenvalue weighted by Gasteiger charge is 2.35. The molecule has 2 atom stereocenters. The predicted octanol–water partition coefficient (Wildman–Crippen LogP) is 2.75. The van der Waals surface area contributed by atoms with E-state index >= 15 is 0 Å². The van der Waals surface area contributed by atoms with E-state index in [1.165, 1.54) is 19.3 Å². The van der Waals surface area contributed by atoms with Crippen LogP contribution >= 0.6 is 0 Å². The molecule has 1 fully saturated rings. The summed E-state index contributed by atoms with van der Waals surface area (Å²) < 4.78 is 10.9. The Bertz CT molecular complexity index is 468. The zero-order valence-electron chi connectivity index (χ0n) is 13.7. The summed E-state index contributed by atoms with van der Waals surface area (Å²) >= 11 is 0.